The lowest BCUT2D eigenvalue weighted by Gasteiger charge is -2.33. The Hall–Kier alpha value is -1.81. The predicted octanol–water partition coefficient (Wildman–Crippen LogP) is 2.46. The Bertz CT molecular complexity index is 557. The van der Waals surface area contributed by atoms with Crippen LogP contribution in [0.4, 0.5) is 0 Å². The first-order valence-corrected chi connectivity index (χ1v) is 7.11. The second kappa shape index (κ2) is 5.29. The molecular formula is C16H20NO3+. The van der Waals surface area contributed by atoms with Crippen molar-refractivity contribution in [3.63, 3.8) is 0 Å². The van der Waals surface area contributed by atoms with Gasteiger partial charge in [-0.1, -0.05) is 13.8 Å². The Kier molecular flexibility index (Phi) is 3.49. The highest BCUT2D eigenvalue weighted by molar-refractivity contribution is 5.83. The van der Waals surface area contributed by atoms with Crippen molar-refractivity contribution in [1.82, 2.24) is 0 Å². The van der Waals surface area contributed by atoms with Crippen LogP contribution in [-0.4, -0.2) is 5.78 Å². The van der Waals surface area contributed by atoms with E-state index in [0.717, 1.165) is 11.5 Å². The number of ketones is 1. The van der Waals surface area contributed by atoms with Gasteiger partial charge in [-0.15, -0.1) is 0 Å². The predicted molar refractivity (Wildman–Crippen MR) is 72.8 cm³/mol. The molecule has 1 saturated heterocycles. The molecule has 2 N–H and O–H groups in total. The number of hydrogen-bond donors (Lipinski definition) is 1. The lowest BCUT2D eigenvalue weighted by Crippen LogP contribution is -2.90. The average molecular weight is 274 g/mol. The normalized spacial score (nSPS) is 27.1. The van der Waals surface area contributed by atoms with Crippen molar-refractivity contribution < 1.29 is 18.9 Å². The van der Waals surface area contributed by atoms with Crippen LogP contribution in [-0.2, 0) is 4.79 Å². The summed E-state index contributed by atoms with van der Waals surface area (Å²) in [6, 6.07) is 7.70. The lowest BCUT2D eigenvalue weighted by molar-refractivity contribution is -0.747. The van der Waals surface area contributed by atoms with Gasteiger partial charge in [-0.3, -0.25) is 4.79 Å². The molecule has 3 atom stereocenters. The Morgan fingerprint density at radius 3 is 2.35 bits per heavy atom. The molecule has 4 nitrogen and oxygen atoms in total. The monoisotopic (exact) mass is 274 g/mol. The van der Waals surface area contributed by atoms with Crippen LogP contribution < -0.4 is 5.32 Å². The molecule has 0 amide bonds. The summed E-state index contributed by atoms with van der Waals surface area (Å²) in [6.07, 6.45) is 3.85. The highest BCUT2D eigenvalue weighted by atomic mass is 16.3. The minimum Gasteiger partial charge on any atom is -0.463 e. The Labute approximate surface area is 118 Å². The van der Waals surface area contributed by atoms with E-state index in [0.29, 0.717) is 18.1 Å². The average Bonchev–Trinajstić information content (AvgIpc) is 3.11. The molecule has 1 aliphatic rings. The van der Waals surface area contributed by atoms with E-state index in [2.05, 4.69) is 19.2 Å². The number of Topliss-reactive ketones (excluding diaryl/α,β-unsaturated/α-hetero) is 1. The Morgan fingerprint density at radius 1 is 1.15 bits per heavy atom. The number of quaternary nitrogens is 1. The van der Waals surface area contributed by atoms with Gasteiger partial charge in [0.1, 0.15) is 5.78 Å². The van der Waals surface area contributed by atoms with Gasteiger partial charge < -0.3 is 14.2 Å². The van der Waals surface area contributed by atoms with Crippen molar-refractivity contribution in [2.75, 3.05) is 0 Å². The maximum atomic E-state index is 12.5. The molecule has 3 rings (SSSR count). The fourth-order valence-corrected chi connectivity index (χ4v) is 3.23. The first-order valence-electron chi connectivity index (χ1n) is 7.11. The summed E-state index contributed by atoms with van der Waals surface area (Å²) in [5, 5.41) is 2.21. The van der Waals surface area contributed by atoms with Crippen molar-refractivity contribution >= 4 is 5.78 Å². The fraction of sp³-hybridized carbons (Fsp3) is 0.438. The molecule has 2 aromatic heterocycles. The molecule has 4 heteroatoms. The topological polar surface area (TPSA) is 60.0 Å². The van der Waals surface area contributed by atoms with Gasteiger partial charge in [-0.2, -0.15) is 0 Å². The van der Waals surface area contributed by atoms with Crippen LogP contribution in [0.3, 0.4) is 0 Å². The van der Waals surface area contributed by atoms with Gasteiger partial charge in [0, 0.05) is 0 Å². The van der Waals surface area contributed by atoms with Crippen LogP contribution in [0.2, 0.25) is 0 Å². The van der Waals surface area contributed by atoms with Crippen molar-refractivity contribution in [2.45, 2.75) is 32.4 Å². The van der Waals surface area contributed by atoms with E-state index in [1.54, 1.807) is 12.5 Å². The smallest absolute Gasteiger partial charge is 0.161 e. The molecule has 0 bridgehead atoms. The van der Waals surface area contributed by atoms with E-state index >= 15 is 0 Å². The van der Waals surface area contributed by atoms with Crippen molar-refractivity contribution in [2.24, 2.45) is 11.8 Å². The summed E-state index contributed by atoms with van der Waals surface area (Å²) in [5.41, 5.74) is 0. The number of hydrogen-bond acceptors (Lipinski definition) is 3. The van der Waals surface area contributed by atoms with E-state index in [-0.39, 0.29) is 18.0 Å². The molecule has 1 aliphatic heterocycles. The maximum absolute atomic E-state index is 12.5. The first-order chi connectivity index (χ1) is 9.66. The molecule has 0 radical (unpaired) electrons. The Balaban J connectivity index is 1.91. The quantitative estimate of drug-likeness (QED) is 0.935. The zero-order valence-corrected chi connectivity index (χ0v) is 11.8. The third kappa shape index (κ3) is 2.31. The van der Waals surface area contributed by atoms with Crippen LogP contribution in [0.5, 0.6) is 0 Å². The maximum Gasteiger partial charge on any atom is 0.161 e. The van der Waals surface area contributed by atoms with Gasteiger partial charge in [0.15, 0.2) is 23.6 Å². The molecule has 0 aromatic carbocycles. The molecule has 106 valence electrons. The van der Waals surface area contributed by atoms with Gasteiger partial charge in [0.05, 0.1) is 24.9 Å². The van der Waals surface area contributed by atoms with Gasteiger partial charge >= 0.3 is 0 Å². The number of piperidine rings is 1. The van der Waals surface area contributed by atoms with Crippen LogP contribution in [0.1, 0.15) is 43.9 Å². The van der Waals surface area contributed by atoms with Crippen LogP contribution >= 0.6 is 0 Å². The summed E-state index contributed by atoms with van der Waals surface area (Å²) < 4.78 is 11.0. The van der Waals surface area contributed by atoms with Crippen molar-refractivity contribution in [1.29, 1.82) is 0 Å². The van der Waals surface area contributed by atoms with Crippen molar-refractivity contribution in [3.8, 4) is 0 Å². The Morgan fingerprint density at radius 2 is 1.80 bits per heavy atom. The number of carbonyl (C=O) groups is 1. The second-order valence-electron chi connectivity index (χ2n) is 5.80. The van der Waals surface area contributed by atoms with E-state index in [9.17, 15) is 4.79 Å². The van der Waals surface area contributed by atoms with E-state index in [1.807, 2.05) is 24.3 Å². The summed E-state index contributed by atoms with van der Waals surface area (Å²) in [7, 11) is 0. The molecule has 1 fully saturated rings. The van der Waals surface area contributed by atoms with E-state index < -0.39 is 0 Å². The van der Waals surface area contributed by atoms with Crippen LogP contribution in [0, 0.1) is 11.8 Å². The summed E-state index contributed by atoms with van der Waals surface area (Å²) >= 11 is 0. The molecule has 3 heterocycles. The summed E-state index contributed by atoms with van der Waals surface area (Å²) in [6.45, 7) is 4.19. The van der Waals surface area contributed by atoms with Crippen LogP contribution in [0.15, 0.2) is 45.6 Å². The van der Waals surface area contributed by atoms with Gasteiger partial charge in [0.2, 0.25) is 0 Å². The third-order valence-electron chi connectivity index (χ3n) is 4.12. The molecule has 0 saturated carbocycles. The standard InChI is InChI=1S/C16H19NO3/c1-10(2)15-12(18)9-11(13-5-3-7-19-13)17-16(15)14-6-4-8-20-14/h3-8,10-11,15-17H,9H2,1-2H3/p+1/t11-,15+,16-/m1/s1. The highest BCUT2D eigenvalue weighted by Gasteiger charge is 2.44. The van der Waals surface area contributed by atoms with Gasteiger partial charge in [0.25, 0.3) is 0 Å². The minimum atomic E-state index is -0.00707. The minimum absolute atomic E-state index is 0.00707. The SMILES string of the molecule is CC(C)[C@H]1C(=O)C[C@H](c2ccco2)[NH2+][C@@H]1c1ccco1. The lowest BCUT2D eigenvalue weighted by atomic mass is 9.77. The van der Waals surface area contributed by atoms with Crippen molar-refractivity contribution in [3.05, 3.63) is 48.3 Å². The summed E-state index contributed by atoms with van der Waals surface area (Å²) in [5.74, 6) is 2.31. The highest BCUT2D eigenvalue weighted by Crippen LogP contribution is 2.33. The van der Waals surface area contributed by atoms with E-state index in [1.165, 1.54) is 0 Å². The zero-order valence-electron chi connectivity index (χ0n) is 11.8. The van der Waals surface area contributed by atoms with Gasteiger partial charge in [-0.05, 0) is 30.2 Å². The molecule has 2 aromatic rings. The first kappa shape index (κ1) is 13.2. The van der Waals surface area contributed by atoms with Crippen LogP contribution in [0.25, 0.3) is 0 Å². The molecule has 0 unspecified atom stereocenters. The fourth-order valence-electron chi connectivity index (χ4n) is 3.23. The third-order valence-corrected chi connectivity index (χ3v) is 4.12. The van der Waals surface area contributed by atoms with E-state index in [4.69, 9.17) is 8.83 Å². The zero-order chi connectivity index (χ0) is 14.1. The molecule has 20 heavy (non-hydrogen) atoms. The van der Waals surface area contributed by atoms with Gasteiger partial charge in [-0.25, -0.2) is 0 Å². The number of nitrogens with two attached hydrogens (primary N) is 1. The second-order valence-corrected chi connectivity index (χ2v) is 5.80. The number of furan rings is 2. The number of carbonyl (C=O) groups excluding carboxylic acids is 1. The molecular weight excluding hydrogens is 254 g/mol. The summed E-state index contributed by atoms with van der Waals surface area (Å²) in [4.78, 5) is 12.5. The largest absolute Gasteiger partial charge is 0.463 e. The molecule has 0 spiro atoms. The number of rotatable bonds is 3. The molecule has 0 aliphatic carbocycles.